The van der Waals surface area contributed by atoms with E-state index < -0.39 is 0 Å². The number of hydrogen-bond donors (Lipinski definition) is 3. The summed E-state index contributed by atoms with van der Waals surface area (Å²) in [6.07, 6.45) is 4.29. The maximum atomic E-state index is 12.0. The van der Waals surface area contributed by atoms with Crippen molar-refractivity contribution in [2.24, 2.45) is 33.7 Å². The molecule has 1 aliphatic carbocycles. The Morgan fingerprint density at radius 2 is 1.79 bits per heavy atom. The molecule has 110 valence electrons. The molecule has 5 heteroatoms. The molecule has 5 nitrogen and oxygen atoms in total. The highest BCUT2D eigenvalue weighted by atomic mass is 16.1. The van der Waals surface area contributed by atoms with E-state index in [1.165, 1.54) is 0 Å². The third-order valence-corrected chi connectivity index (χ3v) is 4.03. The van der Waals surface area contributed by atoms with E-state index in [9.17, 15) is 4.79 Å². The largest absolute Gasteiger partial charge is 0.370 e. The van der Waals surface area contributed by atoms with Gasteiger partial charge in [0.25, 0.3) is 0 Å². The van der Waals surface area contributed by atoms with Gasteiger partial charge in [-0.1, -0.05) is 20.8 Å². The van der Waals surface area contributed by atoms with Crippen molar-refractivity contribution in [1.82, 2.24) is 5.32 Å². The lowest BCUT2D eigenvalue weighted by Gasteiger charge is -2.36. The number of nitrogens with two attached hydrogens (primary N) is 2. The fraction of sp³-hybridized carbons (Fsp3) is 0.857. The Bertz CT molecular complexity index is 321. The second-order valence-corrected chi connectivity index (χ2v) is 6.51. The smallest absolute Gasteiger partial charge is 0.223 e. The minimum Gasteiger partial charge on any atom is -0.370 e. The Balaban J connectivity index is 2.27. The van der Waals surface area contributed by atoms with E-state index in [2.05, 4.69) is 31.1 Å². The molecule has 0 saturated heterocycles. The lowest BCUT2D eigenvalue weighted by molar-refractivity contribution is -0.126. The minimum absolute atomic E-state index is 0.0694. The number of hydrogen-bond acceptors (Lipinski definition) is 2. The predicted molar refractivity (Wildman–Crippen MR) is 78.6 cm³/mol. The average molecular weight is 268 g/mol. The fourth-order valence-corrected chi connectivity index (χ4v) is 2.73. The van der Waals surface area contributed by atoms with Crippen LogP contribution in [0.2, 0.25) is 0 Å². The van der Waals surface area contributed by atoms with Crippen LogP contribution >= 0.6 is 0 Å². The summed E-state index contributed by atoms with van der Waals surface area (Å²) in [5.74, 6) is 1.12. The molecule has 0 atom stereocenters. The standard InChI is InChI=1S/C14H28N4O/c1-14(2,3)11-6-4-10(5-7-11)12(19)17-8-9-18-13(15)16/h10-11H,4-9H2,1-3H3,(H,17,19)(H4,15,16,18). The zero-order chi connectivity index (χ0) is 14.5. The molecule has 0 aliphatic heterocycles. The molecule has 0 radical (unpaired) electrons. The second-order valence-electron chi connectivity index (χ2n) is 6.51. The Morgan fingerprint density at radius 3 is 2.26 bits per heavy atom. The molecule has 0 aromatic heterocycles. The van der Waals surface area contributed by atoms with E-state index in [1.54, 1.807) is 0 Å². The topological polar surface area (TPSA) is 93.5 Å². The van der Waals surface area contributed by atoms with Crippen LogP contribution in [0.25, 0.3) is 0 Å². The number of rotatable bonds is 4. The Hall–Kier alpha value is -1.26. The van der Waals surface area contributed by atoms with E-state index >= 15 is 0 Å². The molecule has 1 amide bonds. The van der Waals surface area contributed by atoms with Gasteiger partial charge < -0.3 is 16.8 Å². The van der Waals surface area contributed by atoms with Gasteiger partial charge in [0.15, 0.2) is 5.96 Å². The molecule has 1 saturated carbocycles. The quantitative estimate of drug-likeness (QED) is 0.406. The van der Waals surface area contributed by atoms with Crippen LogP contribution in [0, 0.1) is 17.3 Å². The van der Waals surface area contributed by atoms with Crippen LogP contribution < -0.4 is 16.8 Å². The van der Waals surface area contributed by atoms with Gasteiger partial charge in [-0.25, -0.2) is 0 Å². The molecule has 1 rings (SSSR count). The number of guanidine groups is 1. The van der Waals surface area contributed by atoms with Crippen LogP contribution in [0.15, 0.2) is 4.99 Å². The molecular formula is C14H28N4O. The molecule has 1 aliphatic rings. The van der Waals surface area contributed by atoms with Gasteiger partial charge in [0.1, 0.15) is 0 Å². The van der Waals surface area contributed by atoms with Crippen LogP contribution in [-0.4, -0.2) is 25.0 Å². The monoisotopic (exact) mass is 268 g/mol. The van der Waals surface area contributed by atoms with Crippen LogP contribution in [0.4, 0.5) is 0 Å². The van der Waals surface area contributed by atoms with Gasteiger partial charge in [-0.2, -0.15) is 0 Å². The number of nitrogens with one attached hydrogen (secondary N) is 1. The van der Waals surface area contributed by atoms with Crippen LogP contribution in [0.5, 0.6) is 0 Å². The summed E-state index contributed by atoms with van der Waals surface area (Å²) in [6.45, 7) is 7.81. The molecule has 0 unspecified atom stereocenters. The Labute approximate surface area is 116 Å². The molecule has 0 aromatic rings. The lowest BCUT2D eigenvalue weighted by Crippen LogP contribution is -2.36. The summed E-state index contributed by atoms with van der Waals surface area (Å²) in [6, 6.07) is 0. The summed E-state index contributed by atoms with van der Waals surface area (Å²) in [5.41, 5.74) is 10.8. The van der Waals surface area contributed by atoms with Crippen molar-refractivity contribution < 1.29 is 4.79 Å². The molecule has 1 fully saturated rings. The third kappa shape index (κ3) is 5.49. The van der Waals surface area contributed by atoms with E-state index in [0.29, 0.717) is 18.5 Å². The molecule has 0 heterocycles. The highest BCUT2D eigenvalue weighted by molar-refractivity contribution is 5.79. The van der Waals surface area contributed by atoms with Crippen molar-refractivity contribution in [2.45, 2.75) is 46.5 Å². The normalized spacial score (nSPS) is 23.7. The third-order valence-electron chi connectivity index (χ3n) is 4.03. The predicted octanol–water partition coefficient (Wildman–Crippen LogP) is 1.23. The van der Waals surface area contributed by atoms with Crippen molar-refractivity contribution in [3.63, 3.8) is 0 Å². The number of carbonyl (C=O) groups is 1. The summed E-state index contributed by atoms with van der Waals surface area (Å²) in [5, 5.41) is 2.90. The Morgan fingerprint density at radius 1 is 1.21 bits per heavy atom. The average Bonchev–Trinajstić information content (AvgIpc) is 2.33. The number of carbonyl (C=O) groups excluding carboxylic acids is 1. The van der Waals surface area contributed by atoms with Crippen LogP contribution in [0.1, 0.15) is 46.5 Å². The van der Waals surface area contributed by atoms with Gasteiger partial charge in [0, 0.05) is 12.5 Å². The summed E-state index contributed by atoms with van der Waals surface area (Å²) < 4.78 is 0. The SMILES string of the molecule is CC(C)(C)C1CCC(C(=O)NCCN=C(N)N)CC1. The molecule has 5 N–H and O–H groups in total. The van der Waals surface area contributed by atoms with Gasteiger partial charge >= 0.3 is 0 Å². The Kier molecular flexibility index (Phi) is 5.63. The molecule has 0 spiro atoms. The lowest BCUT2D eigenvalue weighted by atomic mass is 9.70. The van der Waals surface area contributed by atoms with Gasteiger partial charge in [0.05, 0.1) is 6.54 Å². The first kappa shape index (κ1) is 15.8. The molecule has 19 heavy (non-hydrogen) atoms. The highest BCUT2D eigenvalue weighted by Gasteiger charge is 2.32. The fourth-order valence-electron chi connectivity index (χ4n) is 2.73. The van der Waals surface area contributed by atoms with Crippen LogP contribution in [-0.2, 0) is 4.79 Å². The van der Waals surface area contributed by atoms with Crippen molar-refractivity contribution in [3.8, 4) is 0 Å². The van der Waals surface area contributed by atoms with E-state index in [4.69, 9.17) is 11.5 Å². The zero-order valence-electron chi connectivity index (χ0n) is 12.4. The number of amides is 1. The van der Waals surface area contributed by atoms with Crippen molar-refractivity contribution >= 4 is 11.9 Å². The minimum atomic E-state index is 0.0694. The second kappa shape index (κ2) is 6.78. The summed E-state index contributed by atoms with van der Waals surface area (Å²) >= 11 is 0. The van der Waals surface area contributed by atoms with Gasteiger partial charge in [-0.05, 0) is 37.0 Å². The summed E-state index contributed by atoms with van der Waals surface area (Å²) in [4.78, 5) is 15.8. The maximum Gasteiger partial charge on any atom is 0.223 e. The van der Waals surface area contributed by atoms with E-state index in [1.807, 2.05) is 0 Å². The molecular weight excluding hydrogens is 240 g/mol. The number of aliphatic imine (C=N–C) groups is 1. The van der Waals surface area contributed by atoms with Crippen molar-refractivity contribution in [2.75, 3.05) is 13.1 Å². The molecule has 0 bridgehead atoms. The number of nitrogens with zero attached hydrogens (tertiary/aromatic N) is 1. The first-order valence-corrected chi connectivity index (χ1v) is 7.14. The molecule has 0 aromatic carbocycles. The van der Waals surface area contributed by atoms with Crippen molar-refractivity contribution in [1.29, 1.82) is 0 Å². The summed E-state index contributed by atoms with van der Waals surface area (Å²) in [7, 11) is 0. The van der Waals surface area contributed by atoms with E-state index in [0.717, 1.165) is 31.6 Å². The first-order chi connectivity index (χ1) is 8.80. The first-order valence-electron chi connectivity index (χ1n) is 7.14. The van der Waals surface area contributed by atoms with Gasteiger partial charge in [-0.3, -0.25) is 9.79 Å². The maximum absolute atomic E-state index is 12.0. The van der Waals surface area contributed by atoms with Crippen LogP contribution in [0.3, 0.4) is 0 Å². The van der Waals surface area contributed by atoms with E-state index in [-0.39, 0.29) is 17.8 Å². The van der Waals surface area contributed by atoms with Crippen molar-refractivity contribution in [3.05, 3.63) is 0 Å². The highest BCUT2D eigenvalue weighted by Crippen LogP contribution is 2.39. The van der Waals surface area contributed by atoms with Gasteiger partial charge in [-0.15, -0.1) is 0 Å². The zero-order valence-corrected chi connectivity index (χ0v) is 12.4. The van der Waals surface area contributed by atoms with Gasteiger partial charge in [0.2, 0.25) is 5.91 Å².